The number of benzene rings is 1. The molecule has 0 saturated heterocycles. The first-order chi connectivity index (χ1) is 10.7. The maximum absolute atomic E-state index is 12.7. The summed E-state index contributed by atoms with van der Waals surface area (Å²) in [5.41, 5.74) is -5.76. The summed E-state index contributed by atoms with van der Waals surface area (Å²) >= 11 is 0. The fraction of sp³-hybridized carbons (Fsp3) is 0.571. The van der Waals surface area contributed by atoms with E-state index in [0.29, 0.717) is 24.1 Å². The molecule has 0 amide bonds. The molecule has 0 aliphatic rings. The van der Waals surface area contributed by atoms with Crippen LogP contribution in [-0.2, 0) is 0 Å². The molecule has 0 aliphatic carbocycles. The molecule has 0 aliphatic heterocycles. The molecular weight excluding hydrogens is 355 g/mol. The number of hydrogen-bond donors (Lipinski definition) is 0. The lowest BCUT2D eigenvalue weighted by molar-refractivity contribution is -0.436. The molecule has 0 radical (unpaired) electrons. The molecule has 0 heterocycles. The van der Waals surface area contributed by atoms with Crippen molar-refractivity contribution in [1.29, 1.82) is 0 Å². The largest absolute Gasteiger partial charge is 0.462 e. The van der Waals surface area contributed by atoms with Crippen LogP contribution in [0.25, 0.3) is 0 Å². The fourth-order valence-corrected chi connectivity index (χ4v) is 1.93. The van der Waals surface area contributed by atoms with Gasteiger partial charge in [-0.1, -0.05) is 26.0 Å². The average molecular weight is 368 g/mol. The molecule has 1 aromatic rings. The molecule has 0 saturated carbocycles. The van der Waals surface area contributed by atoms with Crippen LogP contribution in [0.2, 0.25) is 0 Å². The zero-order valence-electron chi connectivity index (χ0n) is 12.4. The second-order valence-corrected chi connectivity index (χ2v) is 5.15. The molecule has 1 unspecified atom stereocenters. The predicted molar refractivity (Wildman–Crippen MR) is 66.7 cm³/mol. The van der Waals surface area contributed by atoms with Crippen LogP contribution in [0.5, 0.6) is 5.75 Å². The van der Waals surface area contributed by atoms with E-state index in [2.05, 4.69) is 4.74 Å². The van der Waals surface area contributed by atoms with Gasteiger partial charge in [-0.3, -0.25) is 0 Å². The van der Waals surface area contributed by atoms with Crippen molar-refractivity contribution in [2.45, 2.75) is 50.3 Å². The summed E-state index contributed by atoms with van der Waals surface area (Å²) in [6.07, 6.45) is -19.6. The van der Waals surface area contributed by atoms with Crippen LogP contribution < -0.4 is 4.74 Å². The Bertz CT molecular complexity index is 503. The van der Waals surface area contributed by atoms with Gasteiger partial charge >= 0.3 is 24.1 Å². The second kappa shape index (κ2) is 6.36. The van der Waals surface area contributed by atoms with Crippen LogP contribution in [0.1, 0.15) is 31.7 Å². The third-order valence-corrected chi connectivity index (χ3v) is 3.53. The monoisotopic (exact) mass is 368 g/mol. The first kappa shape index (κ1) is 20.4. The molecule has 0 bridgehead atoms. The quantitative estimate of drug-likeness (QED) is 0.592. The third-order valence-electron chi connectivity index (χ3n) is 3.53. The van der Waals surface area contributed by atoms with Crippen molar-refractivity contribution in [2.24, 2.45) is 0 Å². The lowest BCUT2D eigenvalue weighted by Crippen LogP contribution is -2.69. The van der Waals surface area contributed by atoms with Crippen molar-refractivity contribution in [1.82, 2.24) is 0 Å². The van der Waals surface area contributed by atoms with Gasteiger partial charge in [0.05, 0.1) is 0 Å². The Labute approximate surface area is 131 Å². The van der Waals surface area contributed by atoms with Crippen LogP contribution in [-0.4, -0.2) is 24.1 Å². The maximum atomic E-state index is 12.7. The van der Waals surface area contributed by atoms with Crippen molar-refractivity contribution in [2.75, 3.05) is 0 Å². The lowest BCUT2D eigenvalue weighted by atomic mass is 9.98. The molecule has 1 atom stereocenters. The summed E-state index contributed by atoms with van der Waals surface area (Å²) in [4.78, 5) is 0. The van der Waals surface area contributed by atoms with Crippen LogP contribution in [0.4, 0.5) is 39.5 Å². The summed E-state index contributed by atoms with van der Waals surface area (Å²) in [5, 5.41) is 0. The van der Waals surface area contributed by atoms with Gasteiger partial charge in [-0.25, -0.2) is 0 Å². The van der Waals surface area contributed by atoms with Gasteiger partial charge in [0.15, 0.2) is 0 Å². The van der Waals surface area contributed by atoms with Gasteiger partial charge in [0.2, 0.25) is 0 Å². The van der Waals surface area contributed by atoms with Gasteiger partial charge < -0.3 is 4.74 Å². The minimum Gasteiger partial charge on any atom is -0.462 e. The Morgan fingerprint density at radius 3 is 1.46 bits per heavy atom. The van der Waals surface area contributed by atoms with Crippen molar-refractivity contribution in [3.63, 3.8) is 0 Å². The summed E-state index contributed by atoms with van der Waals surface area (Å²) < 4.78 is 118. The molecule has 0 N–H and O–H groups in total. The van der Waals surface area contributed by atoms with Crippen LogP contribution in [0, 0.1) is 0 Å². The highest BCUT2D eigenvalue weighted by Crippen LogP contribution is 2.54. The topological polar surface area (TPSA) is 9.23 Å². The Balaban J connectivity index is 3.38. The predicted octanol–water partition coefficient (Wildman–Crippen LogP) is 6.00. The zero-order chi connectivity index (χ0) is 19.0. The van der Waals surface area contributed by atoms with Crippen molar-refractivity contribution in [3.05, 3.63) is 29.8 Å². The number of rotatable bonds is 4. The zero-order valence-corrected chi connectivity index (χ0v) is 12.4. The summed E-state index contributed by atoms with van der Waals surface area (Å²) in [7, 11) is 0. The number of hydrogen-bond acceptors (Lipinski definition) is 1. The highest BCUT2D eigenvalue weighted by Gasteiger charge is 2.86. The molecule has 0 spiro atoms. The standard InChI is InChI=1S/C14H13F9O/c1-3-8(2)9-4-6-10(7-5-9)24-11(12(15,16)17,13(18,19)20)14(21,22)23/h4-8H,3H2,1-2H3. The maximum Gasteiger partial charge on any atom is 0.447 e. The normalized spacial score (nSPS) is 15.3. The van der Waals surface area contributed by atoms with E-state index in [0.717, 1.165) is 12.1 Å². The first-order valence-electron chi connectivity index (χ1n) is 6.66. The molecule has 1 aromatic carbocycles. The molecular formula is C14H13F9O. The molecule has 1 rings (SSSR count). The van der Waals surface area contributed by atoms with E-state index in [1.54, 1.807) is 13.8 Å². The van der Waals surface area contributed by atoms with E-state index in [1.807, 2.05) is 0 Å². The molecule has 138 valence electrons. The molecule has 0 fully saturated rings. The Morgan fingerprint density at radius 1 is 0.792 bits per heavy atom. The third kappa shape index (κ3) is 3.56. The van der Waals surface area contributed by atoms with Crippen molar-refractivity contribution in [3.8, 4) is 5.75 Å². The first-order valence-corrected chi connectivity index (χ1v) is 6.66. The Kier molecular flexibility index (Phi) is 5.42. The van der Waals surface area contributed by atoms with Crippen molar-refractivity contribution < 1.29 is 44.3 Å². The van der Waals surface area contributed by atoms with Gasteiger partial charge in [0, 0.05) is 0 Å². The van der Waals surface area contributed by atoms with Crippen molar-refractivity contribution >= 4 is 0 Å². The number of halogens is 9. The fourth-order valence-electron chi connectivity index (χ4n) is 1.93. The van der Waals surface area contributed by atoms with E-state index < -0.39 is 29.9 Å². The number of ether oxygens (including phenoxy) is 1. The minimum atomic E-state index is -6.75. The molecule has 1 nitrogen and oxygen atoms in total. The van der Waals surface area contributed by atoms with Crippen LogP contribution >= 0.6 is 0 Å². The van der Waals surface area contributed by atoms with Gasteiger partial charge in [-0.15, -0.1) is 0 Å². The summed E-state index contributed by atoms with van der Waals surface area (Å²) in [6, 6.07) is 3.55. The van der Waals surface area contributed by atoms with E-state index in [1.165, 1.54) is 0 Å². The van der Waals surface area contributed by atoms with Crippen LogP contribution in [0.3, 0.4) is 0 Å². The SMILES string of the molecule is CCC(C)c1ccc(OC(C(F)(F)F)(C(F)(F)F)C(F)(F)F)cc1. The Morgan fingerprint density at radius 2 is 1.17 bits per heavy atom. The highest BCUT2D eigenvalue weighted by atomic mass is 19.4. The minimum absolute atomic E-state index is 0.0725. The lowest BCUT2D eigenvalue weighted by Gasteiger charge is -2.38. The summed E-state index contributed by atoms with van der Waals surface area (Å²) in [5.74, 6) is -1.26. The Hall–Kier alpha value is -1.61. The van der Waals surface area contributed by atoms with E-state index in [-0.39, 0.29) is 5.92 Å². The van der Waals surface area contributed by atoms with E-state index in [4.69, 9.17) is 0 Å². The van der Waals surface area contributed by atoms with Crippen LogP contribution in [0.15, 0.2) is 24.3 Å². The summed E-state index contributed by atoms with van der Waals surface area (Å²) in [6.45, 7) is 3.53. The molecule has 24 heavy (non-hydrogen) atoms. The van der Waals surface area contributed by atoms with Gasteiger partial charge in [-0.2, -0.15) is 39.5 Å². The van der Waals surface area contributed by atoms with E-state index in [9.17, 15) is 39.5 Å². The smallest absolute Gasteiger partial charge is 0.447 e. The van der Waals surface area contributed by atoms with Gasteiger partial charge in [-0.05, 0) is 30.0 Å². The highest BCUT2D eigenvalue weighted by molar-refractivity contribution is 5.30. The second-order valence-electron chi connectivity index (χ2n) is 5.15. The van der Waals surface area contributed by atoms with E-state index >= 15 is 0 Å². The molecule has 10 heteroatoms. The molecule has 0 aromatic heterocycles. The average Bonchev–Trinajstić information content (AvgIpc) is 2.40. The van der Waals surface area contributed by atoms with Gasteiger partial charge in [0.25, 0.3) is 0 Å². The van der Waals surface area contributed by atoms with Gasteiger partial charge in [0.1, 0.15) is 5.75 Å². The number of alkyl halides is 9.